The molecule has 7 nitrogen and oxygen atoms in total. The molecule has 0 radical (unpaired) electrons. The second-order valence-corrected chi connectivity index (χ2v) is 9.52. The zero-order valence-electron chi connectivity index (χ0n) is 17.4. The summed E-state index contributed by atoms with van der Waals surface area (Å²) in [6.07, 6.45) is 5.65. The highest BCUT2D eigenvalue weighted by atomic mass is 32.2. The third kappa shape index (κ3) is 4.00. The summed E-state index contributed by atoms with van der Waals surface area (Å²) in [5.74, 6) is 0.0368. The molecule has 0 spiro atoms. The fourth-order valence-electron chi connectivity index (χ4n) is 4.04. The molecule has 2 aliphatic heterocycles. The molecule has 166 valence electrons. The highest BCUT2D eigenvalue weighted by Crippen LogP contribution is 2.36. The Morgan fingerprint density at radius 2 is 1.94 bits per heavy atom. The average Bonchev–Trinajstić information content (AvgIpc) is 2.79. The predicted molar refractivity (Wildman–Crippen MR) is 116 cm³/mol. The van der Waals surface area contributed by atoms with Gasteiger partial charge in [-0.15, -0.1) is 0 Å². The topological polar surface area (TPSA) is 87.1 Å². The molecule has 32 heavy (non-hydrogen) atoms. The number of ether oxygens (including phenoxy) is 1. The van der Waals surface area contributed by atoms with Gasteiger partial charge in [0.05, 0.1) is 17.7 Å². The summed E-state index contributed by atoms with van der Waals surface area (Å²) in [6.45, 7) is 2.78. The summed E-state index contributed by atoms with van der Waals surface area (Å²) in [6, 6.07) is 4.31. The van der Waals surface area contributed by atoms with Gasteiger partial charge in [-0.1, -0.05) is 11.2 Å². The van der Waals surface area contributed by atoms with Crippen molar-refractivity contribution < 1.29 is 18.1 Å². The maximum Gasteiger partial charge on any atom is 0.200 e. The van der Waals surface area contributed by atoms with E-state index in [1.165, 1.54) is 12.1 Å². The maximum absolute atomic E-state index is 14.4. The lowest BCUT2D eigenvalue weighted by molar-refractivity contribution is 0.249. The van der Waals surface area contributed by atoms with Crippen molar-refractivity contribution in [2.45, 2.75) is 19.4 Å². The van der Waals surface area contributed by atoms with Crippen molar-refractivity contribution in [3.8, 4) is 17.4 Å². The van der Waals surface area contributed by atoms with Crippen molar-refractivity contribution in [2.24, 2.45) is 5.92 Å². The standard InChI is InChI=1S/C22H21F2N5O2S/c1-13-16-9-27-22(21-25-4-2-5-26-21)28-18(16)3-6-29(13)15-7-17(23)20(24)19(8-15)31-10-14-11-32(30)12-14/h2,4-5,7-9,13-14H,3,6,10-12H2,1H3. The summed E-state index contributed by atoms with van der Waals surface area (Å²) >= 11 is -0.814. The number of halogens is 2. The van der Waals surface area contributed by atoms with E-state index in [2.05, 4.69) is 19.9 Å². The lowest BCUT2D eigenvalue weighted by atomic mass is 9.98. The fraction of sp³-hybridized carbons (Fsp3) is 0.364. The summed E-state index contributed by atoms with van der Waals surface area (Å²) in [7, 11) is 0. The molecular formula is C22H21F2N5O2S. The van der Waals surface area contributed by atoms with Crippen LogP contribution >= 0.6 is 0 Å². The van der Waals surface area contributed by atoms with Crippen molar-refractivity contribution in [3.05, 3.63) is 59.7 Å². The zero-order chi connectivity index (χ0) is 22.2. The summed E-state index contributed by atoms with van der Waals surface area (Å²) in [4.78, 5) is 19.4. The molecule has 2 aliphatic rings. The van der Waals surface area contributed by atoms with Crippen LogP contribution in [0.3, 0.4) is 0 Å². The summed E-state index contributed by atoms with van der Waals surface area (Å²) in [5.41, 5.74) is 2.34. The molecule has 0 bridgehead atoms. The zero-order valence-corrected chi connectivity index (χ0v) is 18.2. The first kappa shape index (κ1) is 21.0. The monoisotopic (exact) mass is 457 g/mol. The predicted octanol–water partition coefficient (Wildman–Crippen LogP) is 3.09. The van der Waals surface area contributed by atoms with Crippen molar-refractivity contribution in [2.75, 3.05) is 29.6 Å². The van der Waals surface area contributed by atoms with Crippen LogP contribution in [0.2, 0.25) is 0 Å². The van der Waals surface area contributed by atoms with Crippen LogP contribution in [-0.4, -0.2) is 49.1 Å². The molecule has 0 amide bonds. The van der Waals surface area contributed by atoms with Gasteiger partial charge in [-0.05, 0) is 13.0 Å². The second-order valence-electron chi connectivity index (χ2n) is 7.98. The SMILES string of the molecule is CC1c2cnc(-c3ncccn3)nc2CCN1c1cc(F)c(F)c(OCC2C[S+]([O-])C2)c1. The number of anilines is 1. The quantitative estimate of drug-likeness (QED) is 0.544. The molecule has 1 unspecified atom stereocenters. The van der Waals surface area contributed by atoms with Crippen LogP contribution in [0.25, 0.3) is 11.6 Å². The first-order valence-corrected chi connectivity index (χ1v) is 11.8. The van der Waals surface area contributed by atoms with Crippen LogP contribution in [0.15, 0.2) is 36.8 Å². The minimum atomic E-state index is -1.00. The molecule has 0 N–H and O–H groups in total. The number of aromatic nitrogens is 4. The average molecular weight is 458 g/mol. The Morgan fingerprint density at radius 3 is 2.69 bits per heavy atom. The number of nitrogens with zero attached hydrogens (tertiary/aromatic N) is 5. The molecule has 3 aromatic rings. The van der Waals surface area contributed by atoms with E-state index in [0.717, 1.165) is 11.3 Å². The van der Waals surface area contributed by atoms with Gasteiger partial charge in [0.25, 0.3) is 0 Å². The Bertz CT molecular complexity index is 1130. The van der Waals surface area contributed by atoms with E-state index in [0.29, 0.717) is 41.8 Å². The van der Waals surface area contributed by atoms with Crippen LogP contribution in [0, 0.1) is 17.6 Å². The van der Waals surface area contributed by atoms with Crippen LogP contribution in [-0.2, 0) is 17.6 Å². The normalized spacial score (nSPS) is 22.2. The first-order valence-electron chi connectivity index (χ1n) is 10.4. The van der Waals surface area contributed by atoms with Crippen LogP contribution in [0.4, 0.5) is 14.5 Å². The van der Waals surface area contributed by atoms with Gasteiger partial charge in [-0.3, -0.25) is 0 Å². The third-order valence-electron chi connectivity index (χ3n) is 5.80. The van der Waals surface area contributed by atoms with Crippen molar-refractivity contribution in [3.63, 3.8) is 0 Å². The largest absolute Gasteiger partial charge is 0.616 e. The molecule has 5 rings (SSSR count). The van der Waals surface area contributed by atoms with Gasteiger partial charge >= 0.3 is 0 Å². The Labute approximate surface area is 187 Å². The van der Waals surface area contributed by atoms with Crippen molar-refractivity contribution >= 4 is 16.9 Å². The Morgan fingerprint density at radius 1 is 1.16 bits per heavy atom. The summed E-state index contributed by atoms with van der Waals surface area (Å²) < 4.78 is 45.5. The fourth-order valence-corrected chi connectivity index (χ4v) is 5.19. The Kier molecular flexibility index (Phi) is 5.64. The second kappa shape index (κ2) is 8.59. The van der Waals surface area contributed by atoms with Gasteiger partial charge in [0.1, 0.15) is 18.1 Å². The minimum absolute atomic E-state index is 0.114. The van der Waals surface area contributed by atoms with Gasteiger partial charge in [-0.25, -0.2) is 24.3 Å². The molecule has 4 heterocycles. The molecule has 10 heteroatoms. The van der Waals surface area contributed by atoms with E-state index in [1.807, 2.05) is 11.8 Å². The lowest BCUT2D eigenvalue weighted by Gasteiger charge is -2.36. The molecule has 1 fully saturated rings. The van der Waals surface area contributed by atoms with Crippen LogP contribution < -0.4 is 9.64 Å². The Hall–Kier alpha value is -2.85. The van der Waals surface area contributed by atoms with Gasteiger partial charge in [0.2, 0.25) is 5.82 Å². The number of benzene rings is 1. The lowest BCUT2D eigenvalue weighted by Crippen LogP contribution is -2.40. The van der Waals surface area contributed by atoms with Crippen molar-refractivity contribution in [1.29, 1.82) is 0 Å². The van der Waals surface area contributed by atoms with Gasteiger partial charge < -0.3 is 14.2 Å². The van der Waals surface area contributed by atoms with E-state index < -0.39 is 22.8 Å². The number of hydrogen-bond donors (Lipinski definition) is 0. The van der Waals surface area contributed by atoms with E-state index in [1.54, 1.807) is 24.7 Å². The minimum Gasteiger partial charge on any atom is -0.616 e. The van der Waals surface area contributed by atoms with E-state index in [4.69, 9.17) is 4.74 Å². The highest BCUT2D eigenvalue weighted by molar-refractivity contribution is 7.92. The number of rotatable bonds is 5. The molecule has 1 atom stereocenters. The number of fused-ring (bicyclic) bond motifs is 1. The molecule has 0 saturated carbocycles. The van der Waals surface area contributed by atoms with Gasteiger partial charge in [0.15, 0.2) is 23.2 Å². The maximum atomic E-state index is 14.4. The summed E-state index contributed by atoms with van der Waals surface area (Å²) in [5, 5.41) is 0. The molecule has 0 aliphatic carbocycles. The number of hydrogen-bond acceptors (Lipinski definition) is 7. The van der Waals surface area contributed by atoms with Crippen molar-refractivity contribution in [1.82, 2.24) is 19.9 Å². The van der Waals surface area contributed by atoms with Gasteiger partial charge in [0, 0.05) is 54.9 Å². The first-order chi connectivity index (χ1) is 15.5. The third-order valence-corrected chi connectivity index (χ3v) is 7.49. The van der Waals surface area contributed by atoms with Crippen LogP contribution in [0.1, 0.15) is 24.2 Å². The molecule has 1 aromatic carbocycles. The Balaban J connectivity index is 1.38. The molecular weight excluding hydrogens is 436 g/mol. The highest BCUT2D eigenvalue weighted by Gasteiger charge is 2.33. The smallest absolute Gasteiger partial charge is 0.200 e. The van der Waals surface area contributed by atoms with E-state index in [9.17, 15) is 13.3 Å². The van der Waals surface area contributed by atoms with E-state index in [-0.39, 0.29) is 24.3 Å². The molecule has 1 saturated heterocycles. The van der Waals surface area contributed by atoms with E-state index >= 15 is 0 Å². The van der Waals surface area contributed by atoms with Crippen LogP contribution in [0.5, 0.6) is 5.75 Å². The molecule has 2 aromatic heterocycles. The van der Waals surface area contributed by atoms with Gasteiger partial charge in [-0.2, -0.15) is 4.39 Å².